The highest BCUT2D eigenvalue weighted by Crippen LogP contribution is 2.28. The Bertz CT molecular complexity index is 190. The van der Waals surface area contributed by atoms with Crippen LogP contribution in [-0.2, 0) is 0 Å². The van der Waals surface area contributed by atoms with E-state index in [1.807, 2.05) is 0 Å². The van der Waals surface area contributed by atoms with Gasteiger partial charge in [-0.3, -0.25) is 4.90 Å². The van der Waals surface area contributed by atoms with Gasteiger partial charge in [0.25, 0.3) is 0 Å². The van der Waals surface area contributed by atoms with Crippen molar-refractivity contribution in [3.63, 3.8) is 0 Å². The zero-order valence-electron chi connectivity index (χ0n) is 9.38. The van der Waals surface area contributed by atoms with E-state index in [-0.39, 0.29) is 0 Å². The molecule has 0 amide bonds. The molecule has 2 nitrogen and oxygen atoms in total. The van der Waals surface area contributed by atoms with Crippen LogP contribution >= 0.6 is 11.8 Å². The van der Waals surface area contributed by atoms with Crippen LogP contribution < -0.4 is 5.32 Å². The number of hydrogen-bond donors (Lipinski definition) is 1. The molecule has 2 aliphatic rings. The second kappa shape index (κ2) is 4.42. The molecule has 2 saturated heterocycles. The monoisotopic (exact) mass is 214 g/mol. The summed E-state index contributed by atoms with van der Waals surface area (Å²) in [6.45, 7) is 9.82. The lowest BCUT2D eigenvalue weighted by molar-refractivity contribution is 0.151. The number of rotatable bonds is 2. The van der Waals surface area contributed by atoms with Gasteiger partial charge < -0.3 is 5.32 Å². The molecule has 0 aromatic heterocycles. The average Bonchev–Trinajstić information content (AvgIpc) is 2.57. The maximum atomic E-state index is 3.49. The molecule has 82 valence electrons. The van der Waals surface area contributed by atoms with Gasteiger partial charge in [0.1, 0.15) is 0 Å². The summed E-state index contributed by atoms with van der Waals surface area (Å²) in [4.78, 5) is 2.68. The van der Waals surface area contributed by atoms with Gasteiger partial charge in [-0.25, -0.2) is 0 Å². The van der Waals surface area contributed by atoms with Crippen molar-refractivity contribution in [2.75, 3.05) is 37.7 Å². The van der Waals surface area contributed by atoms with Gasteiger partial charge in [0.2, 0.25) is 0 Å². The maximum absolute atomic E-state index is 3.49. The molecular weight excluding hydrogens is 192 g/mol. The minimum atomic E-state index is 0.538. The van der Waals surface area contributed by atoms with Crippen LogP contribution in [0.5, 0.6) is 0 Å². The molecular formula is C11H22N2S. The molecule has 2 fully saturated rings. The van der Waals surface area contributed by atoms with Crippen molar-refractivity contribution >= 4 is 11.8 Å². The van der Waals surface area contributed by atoms with Crippen LogP contribution in [0, 0.1) is 5.41 Å². The molecule has 0 aromatic carbocycles. The second-order valence-electron chi connectivity index (χ2n) is 5.13. The lowest BCUT2D eigenvalue weighted by Gasteiger charge is -2.38. The molecule has 14 heavy (non-hydrogen) atoms. The first-order valence-corrected chi connectivity index (χ1v) is 6.88. The minimum absolute atomic E-state index is 0.538. The van der Waals surface area contributed by atoms with Crippen molar-refractivity contribution in [1.82, 2.24) is 10.2 Å². The highest BCUT2D eigenvalue weighted by molar-refractivity contribution is 7.99. The molecule has 0 saturated carbocycles. The second-order valence-corrected chi connectivity index (χ2v) is 6.28. The Morgan fingerprint density at radius 1 is 1.57 bits per heavy atom. The molecule has 0 spiro atoms. The zero-order valence-corrected chi connectivity index (χ0v) is 10.2. The Balaban J connectivity index is 1.88. The largest absolute Gasteiger partial charge is 0.316 e. The lowest BCUT2D eigenvalue weighted by atomic mass is 9.89. The Hall–Kier alpha value is 0.270. The van der Waals surface area contributed by atoms with E-state index in [2.05, 4.69) is 35.8 Å². The number of nitrogens with zero attached hydrogens (tertiary/aromatic N) is 1. The van der Waals surface area contributed by atoms with Crippen molar-refractivity contribution in [3.05, 3.63) is 0 Å². The third-order valence-electron chi connectivity index (χ3n) is 3.55. The van der Waals surface area contributed by atoms with Gasteiger partial charge in [-0.15, -0.1) is 0 Å². The predicted octanol–water partition coefficient (Wildman–Crippen LogP) is 1.42. The van der Waals surface area contributed by atoms with Gasteiger partial charge in [0, 0.05) is 37.2 Å². The highest BCUT2D eigenvalue weighted by Gasteiger charge is 2.32. The highest BCUT2D eigenvalue weighted by atomic mass is 32.2. The van der Waals surface area contributed by atoms with Gasteiger partial charge in [0.15, 0.2) is 0 Å². The van der Waals surface area contributed by atoms with E-state index < -0.39 is 0 Å². The fourth-order valence-corrected chi connectivity index (χ4v) is 3.57. The summed E-state index contributed by atoms with van der Waals surface area (Å²) >= 11 is 2.11. The third-order valence-corrected chi connectivity index (χ3v) is 4.74. The predicted molar refractivity (Wildman–Crippen MR) is 64.0 cm³/mol. The molecule has 0 aliphatic carbocycles. The normalized spacial score (nSPS) is 40.3. The van der Waals surface area contributed by atoms with E-state index in [0.29, 0.717) is 5.41 Å². The summed E-state index contributed by atoms with van der Waals surface area (Å²) < 4.78 is 0. The third kappa shape index (κ3) is 2.44. The maximum Gasteiger partial charge on any atom is 0.0158 e. The van der Waals surface area contributed by atoms with Crippen LogP contribution in [0.1, 0.15) is 20.3 Å². The van der Waals surface area contributed by atoms with Gasteiger partial charge in [-0.2, -0.15) is 11.8 Å². The van der Waals surface area contributed by atoms with Crippen LogP contribution in [0.25, 0.3) is 0 Å². The quantitative estimate of drug-likeness (QED) is 0.748. The first kappa shape index (κ1) is 10.8. The van der Waals surface area contributed by atoms with E-state index in [1.54, 1.807) is 0 Å². The summed E-state index contributed by atoms with van der Waals surface area (Å²) in [6, 6.07) is 0.783. The van der Waals surface area contributed by atoms with Crippen molar-refractivity contribution in [2.24, 2.45) is 5.41 Å². The summed E-state index contributed by atoms with van der Waals surface area (Å²) in [7, 11) is 0. The molecule has 2 aliphatic heterocycles. The first-order valence-electron chi connectivity index (χ1n) is 5.72. The van der Waals surface area contributed by atoms with Crippen LogP contribution in [0.2, 0.25) is 0 Å². The topological polar surface area (TPSA) is 15.3 Å². The van der Waals surface area contributed by atoms with Crippen molar-refractivity contribution in [1.29, 1.82) is 0 Å². The Kier molecular flexibility index (Phi) is 3.40. The zero-order chi connectivity index (χ0) is 10.0. The standard InChI is InChI=1S/C11H22N2S/c1-10-7-14-6-5-13(10)9-11(2)3-4-12-8-11/h10,12H,3-9H2,1-2H3. The van der Waals surface area contributed by atoms with Crippen molar-refractivity contribution in [3.8, 4) is 0 Å². The van der Waals surface area contributed by atoms with Crippen molar-refractivity contribution < 1.29 is 0 Å². The van der Waals surface area contributed by atoms with Gasteiger partial charge >= 0.3 is 0 Å². The molecule has 2 rings (SSSR count). The van der Waals surface area contributed by atoms with E-state index >= 15 is 0 Å². The van der Waals surface area contributed by atoms with Gasteiger partial charge in [-0.05, 0) is 25.3 Å². The van der Waals surface area contributed by atoms with Gasteiger partial charge in [-0.1, -0.05) is 6.92 Å². The van der Waals surface area contributed by atoms with E-state index in [4.69, 9.17) is 0 Å². The molecule has 2 atom stereocenters. The Morgan fingerprint density at radius 3 is 3.07 bits per heavy atom. The summed E-state index contributed by atoms with van der Waals surface area (Å²) in [5, 5.41) is 3.49. The van der Waals surface area contributed by atoms with Crippen LogP contribution in [0.15, 0.2) is 0 Å². The molecule has 0 aromatic rings. The van der Waals surface area contributed by atoms with Crippen molar-refractivity contribution in [2.45, 2.75) is 26.3 Å². The average molecular weight is 214 g/mol. The van der Waals surface area contributed by atoms with E-state index in [9.17, 15) is 0 Å². The number of hydrogen-bond acceptors (Lipinski definition) is 3. The minimum Gasteiger partial charge on any atom is -0.316 e. The van der Waals surface area contributed by atoms with E-state index in [0.717, 1.165) is 6.04 Å². The smallest absolute Gasteiger partial charge is 0.0158 e. The fraction of sp³-hybridized carbons (Fsp3) is 1.00. The summed E-state index contributed by atoms with van der Waals surface area (Å²) in [5.41, 5.74) is 0.538. The fourth-order valence-electron chi connectivity index (χ4n) is 2.49. The Morgan fingerprint density at radius 2 is 2.43 bits per heavy atom. The van der Waals surface area contributed by atoms with Crippen LogP contribution in [0.4, 0.5) is 0 Å². The summed E-state index contributed by atoms with van der Waals surface area (Å²) in [5.74, 6) is 2.65. The van der Waals surface area contributed by atoms with Crippen LogP contribution in [0.3, 0.4) is 0 Å². The summed E-state index contributed by atoms with van der Waals surface area (Å²) in [6.07, 6.45) is 1.35. The molecule has 1 N–H and O–H groups in total. The van der Waals surface area contributed by atoms with E-state index in [1.165, 1.54) is 44.1 Å². The molecule has 3 heteroatoms. The lowest BCUT2D eigenvalue weighted by Crippen LogP contribution is -2.46. The molecule has 0 bridgehead atoms. The molecule has 0 radical (unpaired) electrons. The first-order chi connectivity index (χ1) is 6.70. The number of nitrogens with one attached hydrogen (secondary N) is 1. The SMILES string of the molecule is CC1CSCCN1CC1(C)CCNC1. The Labute approximate surface area is 91.8 Å². The number of thioether (sulfide) groups is 1. The van der Waals surface area contributed by atoms with Gasteiger partial charge in [0.05, 0.1) is 0 Å². The van der Waals surface area contributed by atoms with Crippen LogP contribution in [-0.4, -0.2) is 48.6 Å². The molecule has 2 unspecified atom stereocenters. The molecule has 2 heterocycles.